The third-order valence-corrected chi connectivity index (χ3v) is 5.02. The molecule has 0 aliphatic carbocycles. The van der Waals surface area contributed by atoms with Crippen LogP contribution in [-0.2, 0) is 4.79 Å². The van der Waals surface area contributed by atoms with E-state index >= 15 is 0 Å². The van der Waals surface area contributed by atoms with E-state index in [1.807, 2.05) is 6.07 Å². The summed E-state index contributed by atoms with van der Waals surface area (Å²) in [6.07, 6.45) is 8.14. The van der Waals surface area contributed by atoms with E-state index in [0.717, 1.165) is 18.5 Å². The zero-order chi connectivity index (χ0) is 17.6. The van der Waals surface area contributed by atoms with Crippen molar-refractivity contribution in [1.29, 1.82) is 0 Å². The first-order valence-corrected chi connectivity index (χ1v) is 9.30. The smallest absolute Gasteiger partial charge is 0.243 e. The van der Waals surface area contributed by atoms with Crippen molar-refractivity contribution < 1.29 is 14.3 Å². The van der Waals surface area contributed by atoms with Crippen LogP contribution in [0.4, 0.5) is 0 Å². The lowest BCUT2D eigenvalue weighted by Crippen LogP contribution is -2.39. The second kappa shape index (κ2) is 8.59. The summed E-state index contributed by atoms with van der Waals surface area (Å²) in [4.78, 5) is 14.5. The lowest BCUT2D eigenvalue weighted by atomic mass is 10.0. The number of rotatable bonds is 6. The third-order valence-electron chi connectivity index (χ3n) is 4.74. The highest BCUT2D eigenvalue weighted by molar-refractivity contribution is 6.32. The molecule has 2 aliphatic rings. The first-order chi connectivity index (χ1) is 12.1. The van der Waals surface area contributed by atoms with Gasteiger partial charge in [-0.25, -0.2) is 0 Å². The predicted molar refractivity (Wildman–Crippen MR) is 99.1 cm³/mol. The van der Waals surface area contributed by atoms with Gasteiger partial charge in [-0.05, 0) is 56.5 Å². The minimum absolute atomic E-state index is 0.0968. The molecule has 1 aromatic rings. The molecule has 5 nitrogen and oxygen atoms in total. The van der Waals surface area contributed by atoms with Gasteiger partial charge in [-0.2, -0.15) is 0 Å². The quantitative estimate of drug-likeness (QED) is 0.620. The molecule has 2 aliphatic heterocycles. The number of halogens is 1. The summed E-state index contributed by atoms with van der Waals surface area (Å²) in [5, 5.41) is 3.42. The Morgan fingerprint density at radius 2 is 2.28 bits per heavy atom. The van der Waals surface area contributed by atoms with Crippen molar-refractivity contribution in [1.82, 2.24) is 10.2 Å². The van der Waals surface area contributed by atoms with Gasteiger partial charge in [0.1, 0.15) is 0 Å². The highest BCUT2D eigenvalue weighted by atomic mass is 35.5. The molecule has 1 N–H and O–H groups in total. The Morgan fingerprint density at radius 3 is 3.12 bits per heavy atom. The number of likely N-dealkylation sites (tertiary alicyclic amines) is 1. The number of carbonyl (C=O) groups excluding carboxylic acids is 1. The largest absolute Gasteiger partial charge is 0.454 e. The zero-order valence-corrected chi connectivity index (χ0v) is 15.3. The number of hydrogen-bond acceptors (Lipinski definition) is 4. The summed E-state index contributed by atoms with van der Waals surface area (Å²) < 4.78 is 10.6. The van der Waals surface area contributed by atoms with Crippen molar-refractivity contribution >= 4 is 23.6 Å². The van der Waals surface area contributed by atoms with Crippen LogP contribution in [0.15, 0.2) is 18.2 Å². The molecule has 0 unspecified atom stereocenters. The maximum absolute atomic E-state index is 12.0. The highest BCUT2D eigenvalue weighted by Gasteiger charge is 2.18. The molecule has 136 valence electrons. The van der Waals surface area contributed by atoms with Crippen molar-refractivity contribution in [3.05, 3.63) is 28.8 Å². The van der Waals surface area contributed by atoms with Gasteiger partial charge < -0.3 is 19.7 Å². The Hall–Kier alpha value is -1.72. The zero-order valence-electron chi connectivity index (χ0n) is 14.6. The van der Waals surface area contributed by atoms with E-state index in [4.69, 9.17) is 21.1 Å². The highest BCUT2D eigenvalue weighted by Crippen LogP contribution is 2.40. The molecule has 3 rings (SSSR count). The number of nitrogens with zero attached hydrogens (tertiary/aromatic N) is 1. The van der Waals surface area contributed by atoms with Crippen molar-refractivity contribution in [3.8, 4) is 11.5 Å². The second-order valence-corrected chi connectivity index (χ2v) is 7.00. The lowest BCUT2D eigenvalue weighted by Gasteiger charge is -2.33. The van der Waals surface area contributed by atoms with Crippen LogP contribution >= 0.6 is 11.6 Å². The van der Waals surface area contributed by atoms with Crippen LogP contribution in [0.3, 0.4) is 0 Å². The first-order valence-electron chi connectivity index (χ1n) is 8.92. The number of amides is 1. The number of benzene rings is 1. The van der Waals surface area contributed by atoms with Crippen LogP contribution in [0.5, 0.6) is 11.5 Å². The minimum Gasteiger partial charge on any atom is -0.454 e. The van der Waals surface area contributed by atoms with Gasteiger partial charge in [-0.1, -0.05) is 18.0 Å². The maximum Gasteiger partial charge on any atom is 0.243 e. The Morgan fingerprint density at radius 1 is 1.40 bits per heavy atom. The van der Waals surface area contributed by atoms with Gasteiger partial charge in [0, 0.05) is 25.2 Å². The fourth-order valence-electron chi connectivity index (χ4n) is 3.30. The molecule has 6 heteroatoms. The summed E-state index contributed by atoms with van der Waals surface area (Å²) in [6, 6.07) is 4.24. The molecule has 1 aromatic carbocycles. The lowest BCUT2D eigenvalue weighted by molar-refractivity contribution is -0.116. The Kier molecular flexibility index (Phi) is 6.21. The Labute approximate surface area is 153 Å². The Bertz CT molecular complexity index is 648. The average Bonchev–Trinajstić information content (AvgIpc) is 3.07. The van der Waals surface area contributed by atoms with Crippen molar-refractivity contribution in [2.45, 2.75) is 38.6 Å². The number of fused-ring (bicyclic) bond motifs is 1. The van der Waals surface area contributed by atoms with E-state index in [9.17, 15) is 4.79 Å². The molecule has 0 spiro atoms. The van der Waals surface area contributed by atoms with Crippen LogP contribution in [0.1, 0.15) is 38.2 Å². The van der Waals surface area contributed by atoms with Gasteiger partial charge in [-0.3, -0.25) is 4.79 Å². The van der Waals surface area contributed by atoms with Gasteiger partial charge in [0.15, 0.2) is 11.5 Å². The Balaban J connectivity index is 1.42. The third kappa shape index (κ3) is 4.89. The average molecular weight is 365 g/mol. The van der Waals surface area contributed by atoms with Gasteiger partial charge in [-0.15, -0.1) is 0 Å². The van der Waals surface area contributed by atoms with E-state index in [1.165, 1.54) is 31.9 Å². The number of carbonyl (C=O) groups is 1. The molecule has 0 aromatic heterocycles. The van der Waals surface area contributed by atoms with Gasteiger partial charge in [0.2, 0.25) is 12.7 Å². The number of nitrogens with one attached hydrogen (secondary N) is 1. The van der Waals surface area contributed by atoms with E-state index < -0.39 is 0 Å². The molecule has 1 atom stereocenters. The molecule has 1 fully saturated rings. The van der Waals surface area contributed by atoms with E-state index in [-0.39, 0.29) is 12.7 Å². The second-order valence-electron chi connectivity index (χ2n) is 6.60. The maximum atomic E-state index is 12.0. The first kappa shape index (κ1) is 18.1. The summed E-state index contributed by atoms with van der Waals surface area (Å²) in [6.45, 7) is 5.38. The summed E-state index contributed by atoms with van der Waals surface area (Å²) in [7, 11) is 0. The van der Waals surface area contributed by atoms with Crippen molar-refractivity contribution in [2.24, 2.45) is 0 Å². The fourth-order valence-corrected chi connectivity index (χ4v) is 3.57. The molecular formula is C19H25ClN2O3. The van der Waals surface area contributed by atoms with Crippen LogP contribution in [0, 0.1) is 0 Å². The minimum atomic E-state index is -0.0968. The fraction of sp³-hybridized carbons (Fsp3) is 0.526. The van der Waals surface area contributed by atoms with Crippen LogP contribution in [0.25, 0.3) is 6.08 Å². The molecule has 0 saturated carbocycles. The normalized spacial score (nSPS) is 20.2. The van der Waals surface area contributed by atoms with E-state index in [0.29, 0.717) is 29.1 Å². The monoisotopic (exact) mass is 364 g/mol. The van der Waals surface area contributed by atoms with Gasteiger partial charge >= 0.3 is 0 Å². The summed E-state index contributed by atoms with van der Waals surface area (Å²) >= 11 is 6.13. The van der Waals surface area contributed by atoms with Crippen molar-refractivity contribution in [2.75, 3.05) is 26.4 Å². The van der Waals surface area contributed by atoms with Gasteiger partial charge in [0.25, 0.3) is 0 Å². The van der Waals surface area contributed by atoms with Crippen molar-refractivity contribution in [3.63, 3.8) is 0 Å². The van der Waals surface area contributed by atoms with Crippen LogP contribution < -0.4 is 14.8 Å². The molecule has 0 radical (unpaired) electrons. The molecule has 0 bridgehead atoms. The topological polar surface area (TPSA) is 50.8 Å². The molecule has 2 heterocycles. The molecule has 25 heavy (non-hydrogen) atoms. The van der Waals surface area contributed by atoms with Crippen LogP contribution in [-0.4, -0.2) is 43.3 Å². The molecule has 1 amide bonds. The number of piperidine rings is 1. The number of ether oxygens (including phenoxy) is 2. The summed E-state index contributed by atoms with van der Waals surface area (Å²) in [5.41, 5.74) is 0.812. The van der Waals surface area contributed by atoms with E-state index in [2.05, 4.69) is 17.1 Å². The standard InChI is InChI=1S/C19H25ClN2O3/c1-14-5-2-3-9-22(14)10-4-8-21-18(23)7-6-15-11-16(20)19-17(12-15)24-13-25-19/h6-7,11-12,14H,2-5,8-10,13H2,1H3,(H,21,23)/b7-6+/t14-/m1/s1. The number of hydrogen-bond donors (Lipinski definition) is 1. The SMILES string of the molecule is C[C@@H]1CCCCN1CCCNC(=O)/C=C/c1cc(Cl)c2c(c1)OCO2. The van der Waals surface area contributed by atoms with Gasteiger partial charge in [0.05, 0.1) is 5.02 Å². The molecule has 1 saturated heterocycles. The van der Waals surface area contributed by atoms with E-state index in [1.54, 1.807) is 12.1 Å². The van der Waals surface area contributed by atoms with Crippen LogP contribution in [0.2, 0.25) is 5.02 Å². The molecular weight excluding hydrogens is 340 g/mol. The predicted octanol–water partition coefficient (Wildman–Crippen LogP) is 3.46. The summed E-state index contributed by atoms with van der Waals surface area (Å²) in [5.74, 6) is 1.08.